The number of cyclic esters (lactones) is 1. The van der Waals surface area contributed by atoms with Gasteiger partial charge in [-0.1, -0.05) is 0 Å². The fourth-order valence-electron chi connectivity index (χ4n) is 3.89. The van der Waals surface area contributed by atoms with Crippen LogP contribution in [-0.2, 0) is 9.53 Å². The van der Waals surface area contributed by atoms with Crippen molar-refractivity contribution >= 4 is 22.6 Å². The molecule has 0 radical (unpaired) electrons. The Balaban J connectivity index is 1.81. The van der Waals surface area contributed by atoms with Gasteiger partial charge in [0.2, 0.25) is 0 Å². The average molecular weight is 363 g/mol. The van der Waals surface area contributed by atoms with Crippen LogP contribution in [0.1, 0.15) is 17.0 Å². The number of carbonyl (C=O) groups is 1. The third kappa shape index (κ3) is 2.28. The van der Waals surface area contributed by atoms with Gasteiger partial charge in [-0.05, 0) is 29.8 Å². The minimum atomic E-state index is -0.320. The van der Waals surface area contributed by atoms with Crippen LogP contribution in [0.4, 0.5) is 5.69 Å². The minimum Gasteiger partial charge on any atom is -0.497 e. The Hall–Kier alpha value is -3.48. The maximum absolute atomic E-state index is 12.6. The number of ether oxygens (including phenoxy) is 3. The zero-order valence-corrected chi connectivity index (χ0v) is 14.8. The molecule has 0 saturated heterocycles. The summed E-state index contributed by atoms with van der Waals surface area (Å²) in [5, 5.41) is 11.6. The molecule has 2 aromatic carbocycles. The van der Waals surface area contributed by atoms with E-state index in [1.54, 1.807) is 20.4 Å². The van der Waals surface area contributed by atoms with Crippen LogP contribution < -0.4 is 14.8 Å². The number of carbonyl (C=O) groups excluding carboxylic acids is 1. The van der Waals surface area contributed by atoms with Crippen molar-refractivity contribution in [1.82, 2.24) is 10.2 Å². The number of hydrogen-bond acceptors (Lipinski definition) is 6. The number of nitrogens with one attached hydrogen (secondary N) is 2. The van der Waals surface area contributed by atoms with Crippen molar-refractivity contribution in [2.75, 3.05) is 26.1 Å². The first-order valence-electron chi connectivity index (χ1n) is 8.55. The van der Waals surface area contributed by atoms with Crippen molar-refractivity contribution in [3.8, 4) is 11.5 Å². The highest BCUT2D eigenvalue weighted by atomic mass is 16.5. The third-order valence-corrected chi connectivity index (χ3v) is 5.12. The normalized spacial score (nSPS) is 18.0. The van der Waals surface area contributed by atoms with Crippen molar-refractivity contribution in [2.45, 2.75) is 5.92 Å². The lowest BCUT2D eigenvalue weighted by Gasteiger charge is -2.28. The van der Waals surface area contributed by atoms with Crippen LogP contribution in [0.2, 0.25) is 0 Å². The van der Waals surface area contributed by atoms with Crippen molar-refractivity contribution in [3.63, 3.8) is 0 Å². The van der Waals surface area contributed by atoms with Crippen LogP contribution >= 0.6 is 0 Å². The maximum atomic E-state index is 12.6. The number of esters is 1. The fraction of sp³-hybridized carbons (Fsp3) is 0.200. The van der Waals surface area contributed by atoms with Crippen molar-refractivity contribution < 1.29 is 19.0 Å². The quantitative estimate of drug-likeness (QED) is 0.696. The Labute approximate surface area is 154 Å². The molecule has 1 aromatic heterocycles. The number of fused-ring (bicyclic) bond motifs is 3. The first-order chi connectivity index (χ1) is 13.2. The number of aromatic nitrogens is 2. The Kier molecular flexibility index (Phi) is 3.36. The molecule has 7 nitrogen and oxygen atoms in total. The summed E-state index contributed by atoms with van der Waals surface area (Å²) in [6, 6.07) is 9.66. The highest BCUT2D eigenvalue weighted by Gasteiger charge is 2.40. The van der Waals surface area contributed by atoms with E-state index >= 15 is 0 Å². The molecule has 0 fully saturated rings. The molecule has 0 saturated carbocycles. The second-order valence-electron chi connectivity index (χ2n) is 6.53. The van der Waals surface area contributed by atoms with Crippen LogP contribution in [0.25, 0.3) is 10.9 Å². The summed E-state index contributed by atoms with van der Waals surface area (Å²) in [5.74, 6) is 0.690. The van der Waals surface area contributed by atoms with E-state index in [1.165, 1.54) is 0 Å². The molecule has 1 unspecified atom stereocenters. The minimum absolute atomic E-state index is 0.242. The molecular formula is C20H17N3O4. The summed E-state index contributed by atoms with van der Waals surface area (Å²) < 4.78 is 16.2. The van der Waals surface area contributed by atoms with Gasteiger partial charge in [-0.15, -0.1) is 0 Å². The van der Waals surface area contributed by atoms with Crippen molar-refractivity contribution in [3.05, 3.63) is 58.9 Å². The number of anilines is 1. The molecule has 2 aliphatic rings. The number of methoxy groups -OCH3 is 2. The number of benzene rings is 2. The predicted molar refractivity (Wildman–Crippen MR) is 99.1 cm³/mol. The number of nitrogens with zero attached hydrogens (tertiary/aromatic N) is 1. The topological polar surface area (TPSA) is 85.5 Å². The molecule has 3 heterocycles. The molecule has 2 N–H and O–H groups in total. The zero-order chi connectivity index (χ0) is 18.5. The predicted octanol–water partition coefficient (Wildman–Crippen LogP) is 2.95. The second-order valence-corrected chi connectivity index (χ2v) is 6.53. The van der Waals surface area contributed by atoms with E-state index in [0.717, 1.165) is 33.4 Å². The van der Waals surface area contributed by atoms with Gasteiger partial charge in [0, 0.05) is 28.6 Å². The largest absolute Gasteiger partial charge is 0.497 e. The molecule has 0 aliphatic carbocycles. The van der Waals surface area contributed by atoms with Crippen LogP contribution in [0, 0.1) is 0 Å². The first-order valence-corrected chi connectivity index (χ1v) is 8.55. The average Bonchev–Trinajstić information content (AvgIpc) is 3.32. The van der Waals surface area contributed by atoms with Gasteiger partial charge in [0.1, 0.15) is 18.1 Å². The van der Waals surface area contributed by atoms with E-state index in [4.69, 9.17) is 14.2 Å². The Morgan fingerprint density at radius 3 is 2.67 bits per heavy atom. The summed E-state index contributed by atoms with van der Waals surface area (Å²) in [4.78, 5) is 12.6. The zero-order valence-electron chi connectivity index (χ0n) is 14.8. The second kappa shape index (κ2) is 5.77. The van der Waals surface area contributed by atoms with Crippen molar-refractivity contribution in [2.24, 2.45) is 0 Å². The lowest BCUT2D eigenvalue weighted by molar-refractivity contribution is -0.136. The summed E-state index contributed by atoms with van der Waals surface area (Å²) in [6.07, 6.45) is 1.77. The van der Waals surface area contributed by atoms with Gasteiger partial charge >= 0.3 is 5.97 Å². The SMILES string of the molecule is COc1cc(OC)cc(C2C3=C(COC3=O)Nc3ccc4cn[nH]c4c32)c1. The molecule has 2 aliphatic heterocycles. The fourth-order valence-corrected chi connectivity index (χ4v) is 3.89. The third-order valence-electron chi connectivity index (χ3n) is 5.12. The summed E-state index contributed by atoms with van der Waals surface area (Å²) in [6.45, 7) is 0.242. The standard InChI is InChI=1S/C20H17N3O4/c1-25-12-5-11(6-13(7-12)26-2)16-17-14(4-3-10-8-21-23-19(10)17)22-15-9-27-20(24)18(15)16/h3-8,16,22H,9H2,1-2H3,(H,21,23). The van der Waals surface area contributed by atoms with Gasteiger partial charge in [-0.25, -0.2) is 4.79 Å². The van der Waals surface area contributed by atoms with Crippen LogP contribution in [-0.4, -0.2) is 37.0 Å². The molecule has 0 spiro atoms. The Morgan fingerprint density at radius 1 is 1.15 bits per heavy atom. The van der Waals surface area contributed by atoms with E-state index < -0.39 is 0 Å². The van der Waals surface area contributed by atoms with Gasteiger partial charge in [0.05, 0.1) is 37.2 Å². The van der Waals surface area contributed by atoms with Gasteiger partial charge in [-0.2, -0.15) is 5.10 Å². The molecule has 0 amide bonds. The monoisotopic (exact) mass is 363 g/mol. The molecule has 5 rings (SSSR count). The lowest BCUT2D eigenvalue weighted by atomic mass is 9.80. The van der Waals surface area contributed by atoms with E-state index in [0.29, 0.717) is 17.1 Å². The Bertz CT molecular complexity index is 1090. The molecular weight excluding hydrogens is 346 g/mol. The summed E-state index contributed by atoms with van der Waals surface area (Å²) in [5.41, 5.74) is 5.06. The smallest absolute Gasteiger partial charge is 0.337 e. The Morgan fingerprint density at radius 2 is 1.93 bits per heavy atom. The van der Waals surface area contributed by atoms with Crippen LogP contribution in [0.5, 0.6) is 11.5 Å². The number of hydrogen-bond donors (Lipinski definition) is 2. The molecule has 7 heteroatoms. The number of aromatic amines is 1. The first kappa shape index (κ1) is 15.7. The number of H-pyrrole nitrogens is 1. The number of rotatable bonds is 3. The molecule has 136 valence electrons. The van der Waals surface area contributed by atoms with E-state index in [9.17, 15) is 4.79 Å². The van der Waals surface area contributed by atoms with E-state index in [-0.39, 0.29) is 18.5 Å². The van der Waals surface area contributed by atoms with Gasteiger partial charge in [0.15, 0.2) is 0 Å². The van der Waals surface area contributed by atoms with Gasteiger partial charge < -0.3 is 19.5 Å². The molecule has 3 aromatic rings. The van der Waals surface area contributed by atoms with E-state index in [2.05, 4.69) is 15.5 Å². The maximum Gasteiger partial charge on any atom is 0.337 e. The van der Waals surface area contributed by atoms with E-state index in [1.807, 2.05) is 30.3 Å². The molecule has 1 atom stereocenters. The van der Waals surface area contributed by atoms with Gasteiger partial charge in [0.25, 0.3) is 0 Å². The highest BCUT2D eigenvalue weighted by Crippen LogP contribution is 2.47. The summed E-state index contributed by atoms with van der Waals surface area (Å²) in [7, 11) is 3.22. The van der Waals surface area contributed by atoms with Gasteiger partial charge in [-0.3, -0.25) is 5.10 Å². The highest BCUT2D eigenvalue weighted by molar-refractivity contribution is 6.00. The molecule has 0 bridgehead atoms. The lowest BCUT2D eigenvalue weighted by Crippen LogP contribution is -2.20. The van der Waals surface area contributed by atoms with Crippen LogP contribution in [0.3, 0.4) is 0 Å². The summed E-state index contributed by atoms with van der Waals surface area (Å²) >= 11 is 0. The molecule has 27 heavy (non-hydrogen) atoms. The van der Waals surface area contributed by atoms with Crippen molar-refractivity contribution in [1.29, 1.82) is 0 Å². The van der Waals surface area contributed by atoms with Crippen LogP contribution in [0.15, 0.2) is 47.8 Å².